The molecule has 4 saturated carbocycles. The van der Waals surface area contributed by atoms with Gasteiger partial charge in [-0.15, -0.1) is 0 Å². The molecule has 0 aliphatic heterocycles. The minimum Gasteiger partial charge on any atom is -0.508 e. The summed E-state index contributed by atoms with van der Waals surface area (Å²) >= 11 is 0. The Hall–Kier alpha value is -3.31. The monoisotopic (exact) mass is 684 g/mol. The number of aromatic hydroxyl groups is 1. The second kappa shape index (κ2) is 18.8. The van der Waals surface area contributed by atoms with Crippen LogP contribution in [0.5, 0.6) is 17.2 Å². The summed E-state index contributed by atoms with van der Waals surface area (Å²) in [7, 11) is 0. The lowest BCUT2D eigenvalue weighted by atomic mass is 9.49. The van der Waals surface area contributed by atoms with E-state index in [1.54, 1.807) is 12.1 Å². The van der Waals surface area contributed by atoms with Gasteiger partial charge >= 0.3 is 5.97 Å². The van der Waals surface area contributed by atoms with Crippen LogP contribution in [0.4, 0.5) is 0 Å². The van der Waals surface area contributed by atoms with Crippen LogP contribution < -0.4 is 9.47 Å². The fraction of sp³-hybridized carbons (Fsp3) is 0.578. The third-order valence-corrected chi connectivity index (χ3v) is 11.6. The smallest absolute Gasteiger partial charge is 0.317 e. The van der Waals surface area contributed by atoms with Crippen molar-refractivity contribution in [3.8, 4) is 17.2 Å². The van der Waals surface area contributed by atoms with Gasteiger partial charge in [-0.05, 0) is 160 Å². The maximum absolute atomic E-state index is 12.9. The summed E-state index contributed by atoms with van der Waals surface area (Å²) < 4.78 is 16.8. The average molecular weight is 685 g/mol. The first-order valence-corrected chi connectivity index (χ1v) is 19.5. The number of esters is 1. The van der Waals surface area contributed by atoms with Gasteiger partial charge in [0.15, 0.2) is 6.29 Å². The highest BCUT2D eigenvalue weighted by Crippen LogP contribution is 2.60. The highest BCUT2D eigenvalue weighted by atomic mass is 16.7. The zero-order valence-electron chi connectivity index (χ0n) is 32.1. The Morgan fingerprint density at radius 2 is 1.02 bits per heavy atom. The first kappa shape index (κ1) is 39.5. The largest absolute Gasteiger partial charge is 0.508 e. The molecule has 4 aliphatic rings. The van der Waals surface area contributed by atoms with Gasteiger partial charge in [-0.2, -0.15) is 0 Å². The molecule has 0 heterocycles. The SMILES string of the molecule is CCC(C)c1ccc(O)cc1.CCC(C)c1ccc(OC(=O)C23CC4CC(CC(C4)C2)C3)cc1.CCOC(C)Oc1ccc(C(C)CC)cc1. The van der Waals surface area contributed by atoms with E-state index in [-0.39, 0.29) is 17.7 Å². The molecule has 5 nitrogen and oxygen atoms in total. The van der Waals surface area contributed by atoms with E-state index in [9.17, 15) is 4.79 Å². The van der Waals surface area contributed by atoms with Gasteiger partial charge in [0.25, 0.3) is 0 Å². The Morgan fingerprint density at radius 1 is 0.640 bits per heavy atom. The summed E-state index contributed by atoms with van der Waals surface area (Å²) in [6, 6.07) is 23.9. The van der Waals surface area contributed by atoms with Crippen LogP contribution in [0.25, 0.3) is 0 Å². The fourth-order valence-corrected chi connectivity index (χ4v) is 8.29. The first-order valence-electron chi connectivity index (χ1n) is 19.5. The Balaban J connectivity index is 0.000000182. The Bertz CT molecular complexity index is 1390. The topological polar surface area (TPSA) is 65.0 Å². The summed E-state index contributed by atoms with van der Waals surface area (Å²) in [5.74, 6) is 6.08. The molecule has 4 fully saturated rings. The van der Waals surface area contributed by atoms with Gasteiger partial charge in [0, 0.05) is 6.61 Å². The third kappa shape index (κ3) is 10.8. The van der Waals surface area contributed by atoms with Crippen molar-refractivity contribution in [1.82, 2.24) is 0 Å². The Morgan fingerprint density at radius 3 is 1.40 bits per heavy atom. The second-order valence-electron chi connectivity index (χ2n) is 15.4. The summed E-state index contributed by atoms with van der Waals surface area (Å²) in [6.45, 7) is 17.8. The molecule has 50 heavy (non-hydrogen) atoms. The zero-order chi connectivity index (χ0) is 36.3. The average Bonchev–Trinajstić information content (AvgIpc) is 3.11. The fourth-order valence-electron chi connectivity index (χ4n) is 8.29. The number of benzene rings is 3. The van der Waals surface area contributed by atoms with Crippen LogP contribution in [-0.2, 0) is 9.53 Å². The predicted molar refractivity (Wildman–Crippen MR) is 205 cm³/mol. The van der Waals surface area contributed by atoms with Crippen LogP contribution in [0.3, 0.4) is 0 Å². The van der Waals surface area contributed by atoms with E-state index in [4.69, 9.17) is 19.3 Å². The van der Waals surface area contributed by atoms with Crippen molar-refractivity contribution in [2.45, 2.75) is 137 Å². The lowest BCUT2D eigenvalue weighted by Gasteiger charge is -2.55. The highest BCUT2D eigenvalue weighted by molar-refractivity contribution is 5.79. The van der Waals surface area contributed by atoms with Gasteiger partial charge in [-0.1, -0.05) is 77.9 Å². The van der Waals surface area contributed by atoms with Gasteiger partial charge in [-0.3, -0.25) is 4.79 Å². The number of carbonyl (C=O) groups is 1. The molecule has 4 atom stereocenters. The minimum absolute atomic E-state index is 0.0490. The van der Waals surface area contributed by atoms with Crippen molar-refractivity contribution in [1.29, 1.82) is 0 Å². The molecule has 0 spiro atoms. The van der Waals surface area contributed by atoms with Crippen molar-refractivity contribution in [2.24, 2.45) is 23.2 Å². The van der Waals surface area contributed by atoms with Crippen molar-refractivity contribution in [2.75, 3.05) is 6.61 Å². The summed E-state index contributed by atoms with van der Waals surface area (Å²) in [5, 5.41) is 9.01. The molecule has 7 rings (SSSR count). The van der Waals surface area contributed by atoms with Crippen LogP contribution in [0, 0.1) is 23.2 Å². The highest BCUT2D eigenvalue weighted by Gasteiger charge is 2.55. The van der Waals surface area contributed by atoms with E-state index < -0.39 is 0 Å². The molecule has 5 heteroatoms. The minimum atomic E-state index is -0.181. The van der Waals surface area contributed by atoms with Gasteiger partial charge in [0.05, 0.1) is 5.41 Å². The van der Waals surface area contributed by atoms with Gasteiger partial charge < -0.3 is 19.3 Å². The van der Waals surface area contributed by atoms with Crippen molar-refractivity contribution < 1.29 is 24.1 Å². The van der Waals surface area contributed by atoms with Crippen LogP contribution in [0.2, 0.25) is 0 Å². The quantitative estimate of drug-likeness (QED) is 0.117. The van der Waals surface area contributed by atoms with E-state index in [1.165, 1.54) is 36.0 Å². The maximum Gasteiger partial charge on any atom is 0.317 e. The van der Waals surface area contributed by atoms with Crippen LogP contribution >= 0.6 is 0 Å². The van der Waals surface area contributed by atoms with Gasteiger partial charge in [0.2, 0.25) is 0 Å². The number of hydrogen-bond donors (Lipinski definition) is 1. The third-order valence-electron chi connectivity index (χ3n) is 11.6. The molecule has 4 bridgehead atoms. The molecular weight excluding hydrogens is 620 g/mol. The number of hydrogen-bond acceptors (Lipinski definition) is 5. The standard InChI is InChI=1S/C21H28O2.C14H22O2.C10H14O/c1-3-14(2)18-4-6-19(7-5-18)23-20(22)21-11-15-8-16(12-21)10-17(9-15)13-21;1-5-11(3)13-7-9-14(10-8-13)16-12(4)15-6-2;1-3-8(2)9-4-6-10(11)7-5-9/h4-7,14-17H,3,8-13H2,1-2H3;7-12H,5-6H2,1-4H3;4-8,11H,3H2,1-2H3. The molecule has 4 unspecified atom stereocenters. The van der Waals surface area contributed by atoms with Crippen LogP contribution in [-0.4, -0.2) is 24.0 Å². The molecule has 0 aromatic heterocycles. The number of phenolic OH excluding ortho intramolecular Hbond substituents is 1. The van der Waals surface area contributed by atoms with Crippen molar-refractivity contribution in [3.63, 3.8) is 0 Å². The van der Waals surface area contributed by atoms with Gasteiger partial charge in [-0.25, -0.2) is 0 Å². The maximum atomic E-state index is 12.9. The Kier molecular flexibility index (Phi) is 14.8. The molecule has 0 radical (unpaired) electrons. The molecule has 0 saturated heterocycles. The molecular formula is C45H64O5. The van der Waals surface area contributed by atoms with E-state index >= 15 is 0 Å². The normalized spacial score (nSPS) is 24.0. The Labute approximate surface area is 303 Å². The first-order chi connectivity index (χ1) is 24.0. The number of ether oxygens (including phenoxy) is 3. The molecule has 1 N–H and O–H groups in total. The number of phenols is 1. The molecule has 0 amide bonds. The summed E-state index contributed by atoms with van der Waals surface area (Å²) in [6.07, 6.45) is 10.5. The van der Waals surface area contributed by atoms with Crippen LogP contribution in [0.15, 0.2) is 72.8 Å². The van der Waals surface area contributed by atoms with E-state index in [0.717, 1.165) is 67.8 Å². The van der Waals surface area contributed by atoms with Crippen LogP contribution in [0.1, 0.15) is 148 Å². The van der Waals surface area contributed by atoms with E-state index in [0.29, 0.717) is 30.1 Å². The number of carbonyl (C=O) groups excluding carboxylic acids is 1. The van der Waals surface area contributed by atoms with Crippen molar-refractivity contribution >= 4 is 5.97 Å². The molecule has 3 aromatic rings. The number of rotatable bonds is 12. The van der Waals surface area contributed by atoms with E-state index in [2.05, 4.69) is 65.8 Å². The predicted octanol–water partition coefficient (Wildman–Crippen LogP) is 12.2. The van der Waals surface area contributed by atoms with E-state index in [1.807, 2.05) is 50.2 Å². The van der Waals surface area contributed by atoms with Gasteiger partial charge in [0.1, 0.15) is 17.2 Å². The second-order valence-corrected chi connectivity index (χ2v) is 15.4. The molecule has 274 valence electrons. The van der Waals surface area contributed by atoms with Crippen molar-refractivity contribution in [3.05, 3.63) is 89.5 Å². The lowest BCUT2D eigenvalue weighted by Crippen LogP contribution is -2.51. The molecule has 3 aromatic carbocycles. The summed E-state index contributed by atoms with van der Waals surface area (Å²) in [4.78, 5) is 12.9. The molecule has 4 aliphatic carbocycles. The zero-order valence-corrected chi connectivity index (χ0v) is 32.1. The summed E-state index contributed by atoms with van der Waals surface area (Å²) in [5.41, 5.74) is 3.82. The lowest BCUT2D eigenvalue weighted by molar-refractivity contribution is -0.161.